The lowest BCUT2D eigenvalue weighted by molar-refractivity contribution is 0.0472. The molecule has 2 N–H and O–H groups in total. The topological polar surface area (TPSA) is 60.8 Å². The van der Waals surface area contributed by atoms with Crippen LogP contribution in [0.15, 0.2) is 22.7 Å². The molecule has 0 radical (unpaired) electrons. The Kier molecular flexibility index (Phi) is 6.26. The molecule has 0 heterocycles. The van der Waals surface area contributed by atoms with E-state index in [2.05, 4.69) is 15.9 Å². The van der Waals surface area contributed by atoms with Gasteiger partial charge in [-0.25, -0.2) is 0 Å². The van der Waals surface area contributed by atoms with E-state index in [0.29, 0.717) is 10.6 Å². The zero-order chi connectivity index (χ0) is 14.6. The van der Waals surface area contributed by atoms with Gasteiger partial charge in [-0.1, -0.05) is 27.5 Å². The molecule has 1 rings (SSSR count). The molecule has 0 aliphatic heterocycles. The quantitative estimate of drug-likeness (QED) is 0.856. The Morgan fingerprint density at radius 2 is 2.11 bits per heavy atom. The molecular formula is C13H17BrClNO3. The van der Waals surface area contributed by atoms with Gasteiger partial charge in [-0.15, -0.1) is 0 Å². The number of amides is 1. The molecule has 0 fully saturated rings. The number of carbonyl (C=O) groups excluding carboxylic acids is 1. The molecular weight excluding hydrogens is 334 g/mol. The molecule has 1 aromatic rings. The summed E-state index contributed by atoms with van der Waals surface area (Å²) in [5, 5.41) is 19.0. The average molecular weight is 351 g/mol. The highest BCUT2D eigenvalue weighted by Gasteiger charge is 2.24. The number of aliphatic hydroxyl groups is 2. The van der Waals surface area contributed by atoms with Gasteiger partial charge in [0.1, 0.15) is 0 Å². The van der Waals surface area contributed by atoms with Crippen LogP contribution in [-0.4, -0.2) is 46.3 Å². The van der Waals surface area contributed by atoms with Crippen LogP contribution in [0.3, 0.4) is 0 Å². The van der Waals surface area contributed by atoms with Crippen molar-refractivity contribution in [2.75, 3.05) is 13.2 Å². The van der Waals surface area contributed by atoms with E-state index in [9.17, 15) is 15.0 Å². The first-order valence-electron chi connectivity index (χ1n) is 5.91. The number of halogens is 2. The predicted molar refractivity (Wildman–Crippen MR) is 78.4 cm³/mol. The number of rotatable bonds is 5. The Morgan fingerprint density at radius 1 is 1.47 bits per heavy atom. The molecule has 4 nitrogen and oxygen atoms in total. The summed E-state index contributed by atoms with van der Waals surface area (Å²) < 4.78 is 0.744. The second-order valence-corrected chi connectivity index (χ2v) is 5.79. The molecule has 0 saturated carbocycles. The van der Waals surface area contributed by atoms with Crippen molar-refractivity contribution >= 4 is 33.4 Å². The van der Waals surface area contributed by atoms with Gasteiger partial charge in [0.05, 0.1) is 29.3 Å². The van der Waals surface area contributed by atoms with Gasteiger partial charge in [0.2, 0.25) is 0 Å². The van der Waals surface area contributed by atoms with Crippen LogP contribution in [0.1, 0.15) is 24.2 Å². The summed E-state index contributed by atoms with van der Waals surface area (Å²) in [4.78, 5) is 13.9. The molecule has 0 aliphatic rings. The zero-order valence-corrected chi connectivity index (χ0v) is 13.1. The van der Waals surface area contributed by atoms with Crippen LogP contribution < -0.4 is 0 Å². The van der Waals surface area contributed by atoms with E-state index in [1.165, 1.54) is 4.90 Å². The van der Waals surface area contributed by atoms with Crippen molar-refractivity contribution in [2.45, 2.75) is 26.0 Å². The predicted octanol–water partition coefficient (Wildman–Crippen LogP) is 2.31. The highest BCUT2D eigenvalue weighted by molar-refractivity contribution is 9.10. The third-order valence-corrected chi connectivity index (χ3v) is 3.50. The number of hydrogen-bond acceptors (Lipinski definition) is 3. The molecule has 6 heteroatoms. The maximum atomic E-state index is 12.5. The Bertz CT molecular complexity index is 454. The van der Waals surface area contributed by atoms with E-state index < -0.39 is 12.1 Å². The molecule has 0 saturated heterocycles. The van der Waals surface area contributed by atoms with Gasteiger partial charge in [0.15, 0.2) is 0 Å². The van der Waals surface area contributed by atoms with Crippen LogP contribution in [0, 0.1) is 0 Å². The van der Waals surface area contributed by atoms with Crippen molar-refractivity contribution in [3.05, 3.63) is 33.3 Å². The second-order valence-electron chi connectivity index (χ2n) is 4.46. The molecule has 0 aromatic heterocycles. The van der Waals surface area contributed by atoms with Crippen molar-refractivity contribution in [3.8, 4) is 0 Å². The largest absolute Gasteiger partial charge is 0.394 e. The molecule has 0 bridgehead atoms. The highest BCUT2D eigenvalue weighted by atomic mass is 79.9. The minimum atomic E-state index is -0.677. The van der Waals surface area contributed by atoms with Crippen LogP contribution in [0.25, 0.3) is 0 Å². The molecule has 1 aromatic carbocycles. The van der Waals surface area contributed by atoms with Crippen LogP contribution >= 0.6 is 27.5 Å². The molecule has 0 aliphatic carbocycles. The van der Waals surface area contributed by atoms with Gasteiger partial charge < -0.3 is 15.1 Å². The van der Waals surface area contributed by atoms with Gasteiger partial charge in [0, 0.05) is 11.0 Å². The van der Waals surface area contributed by atoms with Crippen LogP contribution in [0.5, 0.6) is 0 Å². The first-order chi connectivity index (χ1) is 8.86. The van der Waals surface area contributed by atoms with Gasteiger partial charge >= 0.3 is 0 Å². The molecule has 1 amide bonds. The van der Waals surface area contributed by atoms with Gasteiger partial charge in [0.25, 0.3) is 5.91 Å². The normalized spacial score (nSPS) is 14.0. The van der Waals surface area contributed by atoms with Crippen LogP contribution in [0.2, 0.25) is 5.02 Å². The minimum absolute atomic E-state index is 0.142. The monoisotopic (exact) mass is 349 g/mol. The summed E-state index contributed by atoms with van der Waals surface area (Å²) in [6.45, 7) is 3.27. The van der Waals surface area contributed by atoms with E-state index in [-0.39, 0.29) is 19.1 Å². The van der Waals surface area contributed by atoms with Crippen molar-refractivity contribution in [2.24, 2.45) is 0 Å². The Balaban J connectivity index is 3.07. The zero-order valence-electron chi connectivity index (χ0n) is 10.8. The van der Waals surface area contributed by atoms with E-state index >= 15 is 0 Å². The number of hydrogen-bond donors (Lipinski definition) is 2. The minimum Gasteiger partial charge on any atom is -0.394 e. The number of benzene rings is 1. The molecule has 106 valence electrons. The van der Waals surface area contributed by atoms with Crippen molar-refractivity contribution in [3.63, 3.8) is 0 Å². The van der Waals surface area contributed by atoms with Gasteiger partial charge in [-0.3, -0.25) is 4.79 Å². The summed E-state index contributed by atoms with van der Waals surface area (Å²) >= 11 is 9.32. The lowest BCUT2D eigenvalue weighted by atomic mass is 10.1. The highest BCUT2D eigenvalue weighted by Crippen LogP contribution is 2.23. The Morgan fingerprint density at radius 3 is 2.63 bits per heavy atom. The maximum Gasteiger partial charge on any atom is 0.255 e. The Hall–Kier alpha value is -0.620. The molecule has 2 atom stereocenters. The van der Waals surface area contributed by atoms with Crippen LogP contribution in [0.4, 0.5) is 0 Å². The van der Waals surface area contributed by atoms with E-state index in [1.54, 1.807) is 32.0 Å². The number of aliphatic hydroxyl groups excluding tert-OH is 2. The fourth-order valence-corrected chi connectivity index (χ4v) is 2.22. The fourth-order valence-electron chi connectivity index (χ4n) is 1.66. The first-order valence-corrected chi connectivity index (χ1v) is 7.08. The van der Waals surface area contributed by atoms with E-state index in [1.807, 2.05) is 0 Å². The average Bonchev–Trinajstić information content (AvgIpc) is 2.37. The second kappa shape index (κ2) is 7.24. The van der Waals surface area contributed by atoms with E-state index in [4.69, 9.17) is 11.6 Å². The van der Waals surface area contributed by atoms with Crippen molar-refractivity contribution in [1.82, 2.24) is 4.90 Å². The summed E-state index contributed by atoms with van der Waals surface area (Å²) in [5.41, 5.74) is 0.344. The SMILES string of the molecule is C[C@@H](O)CN(C(=O)c1cc(Br)ccc1Cl)[C@@H](C)CO. The fraction of sp³-hybridized carbons (Fsp3) is 0.462. The molecule has 0 unspecified atom stereocenters. The summed E-state index contributed by atoms with van der Waals surface area (Å²) in [6.07, 6.45) is -0.677. The lowest BCUT2D eigenvalue weighted by Gasteiger charge is -2.29. The maximum absolute atomic E-state index is 12.5. The van der Waals surface area contributed by atoms with E-state index in [0.717, 1.165) is 4.47 Å². The van der Waals surface area contributed by atoms with Gasteiger partial charge in [-0.05, 0) is 32.0 Å². The smallest absolute Gasteiger partial charge is 0.255 e. The lowest BCUT2D eigenvalue weighted by Crippen LogP contribution is -2.44. The van der Waals surface area contributed by atoms with Crippen LogP contribution in [-0.2, 0) is 0 Å². The molecule has 0 spiro atoms. The Labute approximate surface area is 126 Å². The first kappa shape index (κ1) is 16.4. The third kappa shape index (κ3) is 4.45. The number of carbonyl (C=O) groups is 1. The summed E-state index contributed by atoms with van der Waals surface area (Å²) in [5.74, 6) is -0.311. The number of nitrogens with zero attached hydrogens (tertiary/aromatic N) is 1. The standard InChI is InChI=1S/C13H17BrClNO3/c1-8(7-17)16(6-9(2)18)13(19)11-5-10(14)3-4-12(11)15/h3-5,8-9,17-18H,6-7H2,1-2H3/t8-,9+/m0/s1. The van der Waals surface area contributed by atoms with Crippen molar-refractivity contribution in [1.29, 1.82) is 0 Å². The third-order valence-electron chi connectivity index (χ3n) is 2.68. The molecule has 19 heavy (non-hydrogen) atoms. The van der Waals surface area contributed by atoms with Crippen molar-refractivity contribution < 1.29 is 15.0 Å². The summed E-state index contributed by atoms with van der Waals surface area (Å²) in [7, 11) is 0. The van der Waals surface area contributed by atoms with Gasteiger partial charge in [-0.2, -0.15) is 0 Å². The summed E-state index contributed by atoms with van der Waals surface area (Å²) in [6, 6.07) is 4.61.